The average molecular weight is 602 g/mol. The number of ether oxygens (including phenoxy) is 3. The van der Waals surface area contributed by atoms with E-state index in [0.29, 0.717) is 18.5 Å². The summed E-state index contributed by atoms with van der Waals surface area (Å²) in [7, 11) is -6.17. The lowest BCUT2D eigenvalue weighted by Crippen LogP contribution is -2.72. The lowest BCUT2D eigenvalue weighted by Gasteiger charge is -2.49. The van der Waals surface area contributed by atoms with Crippen LogP contribution in [0.4, 0.5) is 5.69 Å². The minimum atomic E-state index is -4.67. The van der Waals surface area contributed by atoms with Crippen LogP contribution < -0.4 is 22.9 Å². The number of nitrogens with zero attached hydrogens (tertiary/aromatic N) is 1. The Morgan fingerprint density at radius 1 is 1.03 bits per heavy atom. The van der Waals surface area contributed by atoms with E-state index in [1.54, 1.807) is 6.92 Å². The van der Waals surface area contributed by atoms with E-state index in [1.807, 2.05) is 0 Å². The van der Waals surface area contributed by atoms with E-state index in [1.165, 1.54) is 38.4 Å². The molecule has 10 unspecified atom stereocenters. The van der Waals surface area contributed by atoms with Crippen molar-refractivity contribution in [2.45, 2.75) is 85.6 Å². The average Bonchev–Trinajstić information content (AvgIpc) is 2.83. The fourth-order valence-corrected chi connectivity index (χ4v) is 5.96. The quantitative estimate of drug-likeness (QED) is 0.116. The number of benzene rings is 1. The first-order valence-corrected chi connectivity index (χ1v) is 14.7. The lowest BCUT2D eigenvalue weighted by molar-refractivity contribution is -0.265. The summed E-state index contributed by atoms with van der Waals surface area (Å²) < 4.78 is 76.4. The first-order chi connectivity index (χ1) is 17.9. The number of hydrogen-bond donors (Lipinski definition) is 8. The molecule has 226 valence electrons. The number of rotatable bonds is 7. The molecule has 10 atom stereocenters. The summed E-state index contributed by atoms with van der Waals surface area (Å²) in [5.41, 5.74) is 24.4. The Balaban J connectivity index is 0.000000976. The highest BCUT2D eigenvalue weighted by Crippen LogP contribution is 2.33. The van der Waals surface area contributed by atoms with Gasteiger partial charge in [-0.25, -0.2) is 8.42 Å². The molecule has 0 amide bonds. The summed E-state index contributed by atoms with van der Waals surface area (Å²) in [5, 5.41) is 22.2. The number of sulfonamides is 1. The molecular formula is C21H39N5O11S2. The molecule has 0 aromatic heterocycles. The van der Waals surface area contributed by atoms with Crippen molar-refractivity contribution in [2.75, 3.05) is 19.9 Å². The Morgan fingerprint density at radius 2 is 1.56 bits per heavy atom. The molecule has 1 heterocycles. The number of nitrogens with two attached hydrogens (primary N) is 4. The van der Waals surface area contributed by atoms with Crippen LogP contribution in [0, 0.1) is 0 Å². The maximum absolute atomic E-state index is 13.3. The van der Waals surface area contributed by atoms with Crippen molar-refractivity contribution in [2.24, 2.45) is 17.2 Å². The minimum absolute atomic E-state index is 0.0366. The molecule has 16 nitrogen and oxygen atoms in total. The molecule has 2 fully saturated rings. The van der Waals surface area contributed by atoms with E-state index in [2.05, 4.69) is 0 Å². The Morgan fingerprint density at radius 3 is 2.05 bits per heavy atom. The summed E-state index contributed by atoms with van der Waals surface area (Å²) in [6.07, 6.45) is -5.16. The molecule has 12 N–H and O–H groups in total. The van der Waals surface area contributed by atoms with Gasteiger partial charge < -0.3 is 47.4 Å². The largest absolute Gasteiger partial charge is 0.399 e. The third-order valence-electron chi connectivity index (χ3n) is 6.70. The standard InChI is InChI=1S/C21H37N5O7S.H2O4S/c1-10(22)14-9-8-13(24)21(32-14)33-19-15(25)17(27)20(31-3)16(18(19)28)26(2)34(29,30)12-6-4-11(23)5-7-12;1-5(2,3)4/h4-7,10,13-21,27-28H,8-9,22-25H2,1-3H3;(H2,1,2,3,4). The van der Waals surface area contributed by atoms with Crippen molar-refractivity contribution >= 4 is 26.1 Å². The number of methoxy groups -OCH3 is 1. The maximum Gasteiger partial charge on any atom is 0.394 e. The zero-order chi connectivity index (χ0) is 29.9. The van der Waals surface area contributed by atoms with Gasteiger partial charge in [0.25, 0.3) is 0 Å². The fourth-order valence-electron chi connectivity index (χ4n) is 4.58. The Kier molecular flexibility index (Phi) is 11.6. The van der Waals surface area contributed by atoms with Crippen molar-refractivity contribution in [3.05, 3.63) is 24.3 Å². The first kappa shape index (κ1) is 33.7. The van der Waals surface area contributed by atoms with Gasteiger partial charge in [-0.3, -0.25) is 9.11 Å². The van der Waals surface area contributed by atoms with Gasteiger partial charge in [0.1, 0.15) is 18.3 Å². The second-order valence-electron chi connectivity index (χ2n) is 9.53. The van der Waals surface area contributed by atoms with Gasteiger partial charge in [0, 0.05) is 25.9 Å². The van der Waals surface area contributed by atoms with E-state index < -0.39 is 69.3 Å². The Bertz CT molecular complexity index is 1130. The molecule has 39 heavy (non-hydrogen) atoms. The third kappa shape index (κ3) is 8.49. The van der Waals surface area contributed by atoms with Crippen molar-refractivity contribution in [3.63, 3.8) is 0 Å². The molecule has 18 heteroatoms. The second kappa shape index (κ2) is 13.4. The van der Waals surface area contributed by atoms with E-state index in [9.17, 15) is 18.6 Å². The van der Waals surface area contributed by atoms with E-state index >= 15 is 0 Å². The smallest absolute Gasteiger partial charge is 0.394 e. The molecule has 0 bridgehead atoms. The van der Waals surface area contributed by atoms with Gasteiger partial charge in [0.2, 0.25) is 10.0 Å². The van der Waals surface area contributed by atoms with Crippen molar-refractivity contribution in [1.82, 2.24) is 4.31 Å². The number of hydrogen-bond acceptors (Lipinski definition) is 13. The molecule has 1 aliphatic carbocycles. The van der Waals surface area contributed by atoms with Crippen LogP contribution in [0.5, 0.6) is 0 Å². The zero-order valence-electron chi connectivity index (χ0n) is 21.7. The minimum Gasteiger partial charge on any atom is -0.399 e. The van der Waals surface area contributed by atoms with Crippen LogP contribution in [0.15, 0.2) is 29.2 Å². The number of aliphatic hydroxyl groups excluding tert-OH is 2. The summed E-state index contributed by atoms with van der Waals surface area (Å²) >= 11 is 0. The van der Waals surface area contributed by atoms with Crippen LogP contribution in [0.1, 0.15) is 19.8 Å². The Labute approximate surface area is 227 Å². The van der Waals surface area contributed by atoms with Crippen molar-refractivity contribution in [1.29, 1.82) is 0 Å². The van der Waals surface area contributed by atoms with Crippen molar-refractivity contribution in [3.8, 4) is 0 Å². The predicted octanol–water partition coefficient (Wildman–Crippen LogP) is -2.75. The summed E-state index contributed by atoms with van der Waals surface area (Å²) in [4.78, 5) is -0.0366. The number of anilines is 1. The monoisotopic (exact) mass is 601 g/mol. The SMILES string of the molecule is COC1C(O)C(N)C(OC2OC(C(C)N)CCC2N)C(O)C1N(C)S(=O)(=O)c1ccc(N)cc1.O=S(=O)(O)O. The topological polar surface area (TPSA) is 284 Å². The van der Waals surface area contributed by atoms with Crippen LogP contribution >= 0.6 is 0 Å². The van der Waals surface area contributed by atoms with Crippen LogP contribution in [0.3, 0.4) is 0 Å². The highest BCUT2D eigenvalue weighted by Gasteiger charge is 2.54. The molecule has 1 aromatic carbocycles. The van der Waals surface area contributed by atoms with Crippen LogP contribution in [-0.4, -0.2) is 116 Å². The number of aliphatic hydroxyl groups is 2. The normalized spacial score (nSPS) is 34.7. The van der Waals surface area contributed by atoms with E-state index in [0.717, 1.165) is 4.31 Å². The molecule has 2 aliphatic rings. The summed E-state index contributed by atoms with van der Waals surface area (Å²) in [6.45, 7) is 1.81. The zero-order valence-corrected chi connectivity index (χ0v) is 23.3. The second-order valence-corrected chi connectivity index (χ2v) is 12.4. The summed E-state index contributed by atoms with van der Waals surface area (Å²) in [6, 6.07) is 2.52. The molecule has 0 radical (unpaired) electrons. The fraction of sp³-hybridized carbons (Fsp3) is 0.714. The van der Waals surface area contributed by atoms with Crippen LogP contribution in [0.2, 0.25) is 0 Å². The van der Waals surface area contributed by atoms with Gasteiger partial charge in [0.15, 0.2) is 6.29 Å². The maximum atomic E-state index is 13.3. The third-order valence-corrected chi connectivity index (χ3v) is 8.57. The van der Waals surface area contributed by atoms with Crippen molar-refractivity contribution < 1.29 is 50.4 Å². The van der Waals surface area contributed by atoms with Crippen LogP contribution in [-0.2, 0) is 34.6 Å². The molecule has 3 rings (SSSR count). The van der Waals surface area contributed by atoms with Gasteiger partial charge in [-0.1, -0.05) is 0 Å². The molecular weight excluding hydrogens is 562 g/mol. The molecule has 1 saturated carbocycles. The highest BCUT2D eigenvalue weighted by atomic mass is 32.3. The van der Waals surface area contributed by atoms with Gasteiger partial charge in [-0.15, -0.1) is 0 Å². The van der Waals surface area contributed by atoms with E-state index in [4.69, 9.17) is 54.7 Å². The molecule has 1 aliphatic heterocycles. The molecule has 1 aromatic rings. The first-order valence-electron chi connectivity index (χ1n) is 11.9. The molecule has 1 saturated heterocycles. The number of nitrogen functional groups attached to an aromatic ring is 1. The highest BCUT2D eigenvalue weighted by molar-refractivity contribution is 7.89. The van der Waals surface area contributed by atoms with Gasteiger partial charge in [-0.2, -0.15) is 12.7 Å². The lowest BCUT2D eigenvalue weighted by atomic mass is 9.81. The van der Waals surface area contributed by atoms with Gasteiger partial charge >= 0.3 is 10.4 Å². The Hall–Kier alpha value is -1.52. The molecule has 0 spiro atoms. The van der Waals surface area contributed by atoms with E-state index in [-0.39, 0.29) is 17.0 Å². The van der Waals surface area contributed by atoms with Crippen LogP contribution in [0.25, 0.3) is 0 Å². The van der Waals surface area contributed by atoms with Gasteiger partial charge in [0.05, 0.1) is 35.2 Å². The predicted molar refractivity (Wildman–Crippen MR) is 139 cm³/mol. The summed E-state index contributed by atoms with van der Waals surface area (Å²) in [5.74, 6) is 0. The van der Waals surface area contributed by atoms with Gasteiger partial charge in [-0.05, 0) is 44.0 Å². The number of likely N-dealkylation sites (N-methyl/N-ethyl adjacent to an activating group) is 1.